The number of thiophene rings is 1. The van der Waals surface area contributed by atoms with Gasteiger partial charge in [0, 0.05) is 0 Å². The van der Waals surface area contributed by atoms with Crippen LogP contribution in [0.3, 0.4) is 0 Å². The average Bonchev–Trinajstić information content (AvgIpc) is 2.85. The van der Waals surface area contributed by atoms with Gasteiger partial charge in [0.15, 0.2) is 0 Å². The number of benzene rings is 1. The second kappa shape index (κ2) is 5.75. The molecule has 0 saturated heterocycles. The molecular weight excluding hydrogens is 278 g/mol. The average molecular weight is 291 g/mol. The molecule has 0 spiro atoms. The third-order valence-electron chi connectivity index (χ3n) is 2.68. The molecule has 1 amide bonds. The van der Waals surface area contributed by atoms with Crippen molar-refractivity contribution >= 4 is 28.9 Å². The third-order valence-corrected chi connectivity index (χ3v) is 3.58. The van der Waals surface area contributed by atoms with Gasteiger partial charge < -0.3 is 15.2 Å². The first-order valence-electron chi connectivity index (χ1n) is 5.79. The molecule has 0 bridgehead atoms. The third kappa shape index (κ3) is 2.80. The molecule has 0 unspecified atom stereocenters. The van der Waals surface area contributed by atoms with Crippen molar-refractivity contribution in [2.45, 2.75) is 6.92 Å². The van der Waals surface area contributed by atoms with Crippen LogP contribution < -0.4 is 5.32 Å². The summed E-state index contributed by atoms with van der Waals surface area (Å²) in [7, 11) is 1.28. The fourth-order valence-electron chi connectivity index (χ4n) is 1.68. The molecule has 104 valence electrons. The van der Waals surface area contributed by atoms with Crippen LogP contribution in [0.2, 0.25) is 0 Å². The summed E-state index contributed by atoms with van der Waals surface area (Å²) in [5.74, 6) is -1.09. The highest BCUT2D eigenvalue weighted by molar-refractivity contribution is 7.12. The summed E-state index contributed by atoms with van der Waals surface area (Å²) >= 11 is 1.17. The highest BCUT2D eigenvalue weighted by atomic mass is 32.1. The van der Waals surface area contributed by atoms with Gasteiger partial charge in [-0.1, -0.05) is 6.07 Å². The van der Waals surface area contributed by atoms with Crippen molar-refractivity contribution < 1.29 is 19.4 Å². The lowest BCUT2D eigenvalue weighted by Gasteiger charge is -2.07. The lowest BCUT2D eigenvalue weighted by Crippen LogP contribution is -2.14. The van der Waals surface area contributed by atoms with E-state index in [0.717, 1.165) is 5.56 Å². The molecule has 0 aliphatic heterocycles. The van der Waals surface area contributed by atoms with Crippen LogP contribution in [0.25, 0.3) is 0 Å². The number of phenols is 1. The Balaban J connectivity index is 2.24. The van der Waals surface area contributed by atoms with Crippen molar-refractivity contribution in [2.24, 2.45) is 0 Å². The van der Waals surface area contributed by atoms with Crippen molar-refractivity contribution in [2.75, 3.05) is 12.4 Å². The van der Waals surface area contributed by atoms with Crippen molar-refractivity contribution in [1.82, 2.24) is 0 Å². The molecule has 2 rings (SSSR count). The Kier molecular flexibility index (Phi) is 4.05. The first-order chi connectivity index (χ1) is 9.52. The van der Waals surface area contributed by atoms with Crippen molar-refractivity contribution in [1.29, 1.82) is 0 Å². The predicted octanol–water partition coefficient (Wildman–Crippen LogP) is 2.80. The first kappa shape index (κ1) is 14.1. The van der Waals surface area contributed by atoms with E-state index in [0.29, 0.717) is 10.6 Å². The van der Waals surface area contributed by atoms with E-state index < -0.39 is 11.9 Å². The number of methoxy groups -OCH3 is 1. The molecule has 1 aromatic heterocycles. The lowest BCUT2D eigenvalue weighted by atomic mass is 10.1. The summed E-state index contributed by atoms with van der Waals surface area (Å²) in [6.07, 6.45) is 0. The zero-order chi connectivity index (χ0) is 14.7. The van der Waals surface area contributed by atoms with Crippen LogP contribution in [0.5, 0.6) is 5.75 Å². The summed E-state index contributed by atoms with van der Waals surface area (Å²) in [6, 6.07) is 6.37. The standard InChI is InChI=1S/C14H13NO4S/c1-8-3-4-9(11(16)7-8)13(17)15-10-5-6-20-12(10)14(18)19-2/h3-7,16H,1-2H3,(H,15,17). The molecule has 5 nitrogen and oxygen atoms in total. The van der Waals surface area contributed by atoms with Crippen LogP contribution in [-0.2, 0) is 4.74 Å². The largest absolute Gasteiger partial charge is 0.507 e. The Hall–Kier alpha value is -2.34. The Morgan fingerprint density at radius 1 is 1.30 bits per heavy atom. The Bertz CT molecular complexity index is 663. The normalized spacial score (nSPS) is 10.1. The number of carbonyl (C=O) groups excluding carboxylic acids is 2. The number of ether oxygens (including phenoxy) is 1. The topological polar surface area (TPSA) is 75.6 Å². The van der Waals surface area contributed by atoms with Crippen LogP contribution in [0.1, 0.15) is 25.6 Å². The predicted molar refractivity (Wildman–Crippen MR) is 76.5 cm³/mol. The van der Waals surface area contributed by atoms with Gasteiger partial charge in [0.05, 0.1) is 18.4 Å². The van der Waals surface area contributed by atoms with Gasteiger partial charge in [0.25, 0.3) is 5.91 Å². The van der Waals surface area contributed by atoms with Gasteiger partial charge in [0.1, 0.15) is 10.6 Å². The number of hydrogen-bond donors (Lipinski definition) is 2. The van der Waals surface area contributed by atoms with E-state index in [-0.39, 0.29) is 11.3 Å². The van der Waals surface area contributed by atoms with Crippen molar-refractivity contribution in [3.8, 4) is 5.75 Å². The van der Waals surface area contributed by atoms with E-state index in [1.807, 2.05) is 6.92 Å². The molecular formula is C14H13NO4S. The van der Waals surface area contributed by atoms with E-state index in [4.69, 9.17) is 0 Å². The number of aromatic hydroxyl groups is 1. The minimum absolute atomic E-state index is 0.0997. The van der Waals surface area contributed by atoms with Gasteiger partial charge in [-0.15, -0.1) is 11.3 Å². The number of rotatable bonds is 3. The fraction of sp³-hybridized carbons (Fsp3) is 0.143. The molecule has 1 aromatic carbocycles. The minimum Gasteiger partial charge on any atom is -0.507 e. The van der Waals surface area contributed by atoms with Gasteiger partial charge in [-0.25, -0.2) is 4.79 Å². The number of anilines is 1. The van der Waals surface area contributed by atoms with Gasteiger partial charge in [-0.05, 0) is 36.1 Å². The zero-order valence-electron chi connectivity index (χ0n) is 11.0. The number of amides is 1. The molecule has 2 N–H and O–H groups in total. The molecule has 2 aromatic rings. The van der Waals surface area contributed by atoms with Crippen LogP contribution in [0.15, 0.2) is 29.6 Å². The van der Waals surface area contributed by atoms with Gasteiger partial charge >= 0.3 is 5.97 Å². The van der Waals surface area contributed by atoms with Gasteiger partial charge in [0.2, 0.25) is 0 Å². The number of carbonyl (C=O) groups is 2. The van der Waals surface area contributed by atoms with Crippen LogP contribution in [0.4, 0.5) is 5.69 Å². The van der Waals surface area contributed by atoms with Gasteiger partial charge in [-0.3, -0.25) is 4.79 Å². The number of esters is 1. The van der Waals surface area contributed by atoms with E-state index in [2.05, 4.69) is 10.1 Å². The van der Waals surface area contributed by atoms with E-state index in [1.54, 1.807) is 17.5 Å². The summed E-state index contributed by atoms with van der Waals surface area (Å²) in [4.78, 5) is 23.9. The molecule has 6 heteroatoms. The summed E-state index contributed by atoms with van der Waals surface area (Å²) < 4.78 is 4.63. The maximum atomic E-state index is 12.1. The zero-order valence-corrected chi connectivity index (χ0v) is 11.8. The Morgan fingerprint density at radius 3 is 2.70 bits per heavy atom. The Morgan fingerprint density at radius 2 is 2.05 bits per heavy atom. The lowest BCUT2D eigenvalue weighted by molar-refractivity contribution is 0.0607. The van der Waals surface area contributed by atoms with Crippen molar-refractivity contribution in [3.63, 3.8) is 0 Å². The second-order valence-electron chi connectivity index (χ2n) is 4.13. The summed E-state index contributed by atoms with van der Waals surface area (Å²) in [6.45, 7) is 1.82. The van der Waals surface area contributed by atoms with E-state index >= 15 is 0 Å². The molecule has 1 heterocycles. The first-order valence-corrected chi connectivity index (χ1v) is 6.67. The highest BCUT2D eigenvalue weighted by Gasteiger charge is 2.17. The molecule has 0 saturated carbocycles. The maximum Gasteiger partial charge on any atom is 0.350 e. The molecule has 0 radical (unpaired) electrons. The van der Waals surface area contributed by atoms with E-state index in [1.165, 1.54) is 30.6 Å². The molecule has 0 aliphatic rings. The van der Waals surface area contributed by atoms with Crippen molar-refractivity contribution in [3.05, 3.63) is 45.6 Å². The molecule has 0 atom stereocenters. The SMILES string of the molecule is COC(=O)c1sccc1NC(=O)c1ccc(C)cc1O. The number of phenolic OH excluding ortho intramolecular Hbond substituents is 1. The monoisotopic (exact) mass is 291 g/mol. The maximum absolute atomic E-state index is 12.1. The smallest absolute Gasteiger partial charge is 0.350 e. The van der Waals surface area contributed by atoms with Crippen LogP contribution >= 0.6 is 11.3 Å². The Labute approximate surface area is 119 Å². The minimum atomic E-state index is -0.511. The number of aryl methyl sites for hydroxylation is 1. The second-order valence-corrected chi connectivity index (χ2v) is 5.05. The van der Waals surface area contributed by atoms with Crippen LogP contribution in [-0.4, -0.2) is 24.1 Å². The highest BCUT2D eigenvalue weighted by Crippen LogP contribution is 2.25. The fourth-order valence-corrected chi connectivity index (χ4v) is 2.45. The summed E-state index contributed by atoms with van der Waals surface area (Å²) in [5.41, 5.74) is 1.37. The van der Waals surface area contributed by atoms with Crippen LogP contribution in [0, 0.1) is 6.92 Å². The molecule has 0 fully saturated rings. The number of hydrogen-bond acceptors (Lipinski definition) is 5. The molecule has 20 heavy (non-hydrogen) atoms. The molecule has 0 aliphatic carbocycles. The summed E-state index contributed by atoms with van der Waals surface area (Å²) in [5, 5.41) is 14.0. The quantitative estimate of drug-likeness (QED) is 0.853. The number of nitrogens with one attached hydrogen (secondary N) is 1. The van der Waals surface area contributed by atoms with E-state index in [9.17, 15) is 14.7 Å². The van der Waals surface area contributed by atoms with Gasteiger partial charge in [-0.2, -0.15) is 0 Å².